The van der Waals surface area contributed by atoms with Crippen LogP contribution in [-0.2, 0) is 0 Å². The lowest BCUT2D eigenvalue weighted by atomic mass is 9.82. The van der Waals surface area contributed by atoms with Crippen molar-refractivity contribution >= 4 is 11.4 Å². The third kappa shape index (κ3) is 2.23. The van der Waals surface area contributed by atoms with Crippen LogP contribution in [0.1, 0.15) is 44.1 Å². The quantitative estimate of drug-likeness (QED) is 0.755. The second-order valence-corrected chi connectivity index (χ2v) is 5.06. The Morgan fingerprint density at radius 1 is 1.41 bits per heavy atom. The Labute approximate surface area is 101 Å². The maximum atomic E-state index is 12.4. The van der Waals surface area contributed by atoms with Crippen molar-refractivity contribution in [3.8, 4) is 0 Å². The summed E-state index contributed by atoms with van der Waals surface area (Å²) in [6.45, 7) is 6.07. The molecule has 17 heavy (non-hydrogen) atoms. The lowest BCUT2D eigenvalue weighted by Gasteiger charge is -2.20. The van der Waals surface area contributed by atoms with E-state index in [1.807, 2.05) is 48.8 Å². The largest absolute Gasteiger partial charge is 0.306 e. The second-order valence-electron chi connectivity index (χ2n) is 5.06. The molecule has 0 spiro atoms. The van der Waals surface area contributed by atoms with E-state index in [1.54, 1.807) is 0 Å². The van der Waals surface area contributed by atoms with E-state index in [0.29, 0.717) is 5.69 Å². The lowest BCUT2D eigenvalue weighted by Crippen LogP contribution is -2.24. The fraction of sp³-hybridized carbons (Fsp3) is 0.429. The molecule has 0 fully saturated rings. The molecule has 0 atom stereocenters. The highest BCUT2D eigenvalue weighted by atomic mass is 16.1. The number of carbonyl (C=O) groups is 1. The van der Waals surface area contributed by atoms with Gasteiger partial charge in [0.1, 0.15) is 11.3 Å². The van der Waals surface area contributed by atoms with Gasteiger partial charge in [0.05, 0.1) is 0 Å². The Morgan fingerprint density at radius 3 is 2.82 bits per heavy atom. The molecule has 3 nitrogen and oxygen atoms in total. The molecule has 2 aromatic heterocycles. The van der Waals surface area contributed by atoms with Crippen LogP contribution in [0, 0.1) is 5.41 Å². The zero-order valence-corrected chi connectivity index (χ0v) is 10.6. The van der Waals surface area contributed by atoms with Crippen molar-refractivity contribution in [1.29, 1.82) is 0 Å². The molecule has 0 saturated heterocycles. The summed E-state index contributed by atoms with van der Waals surface area (Å²) in [6, 6.07) is 5.76. The van der Waals surface area contributed by atoms with Gasteiger partial charge in [-0.25, -0.2) is 4.98 Å². The molecule has 2 rings (SSSR count). The number of fused-ring (bicyclic) bond motifs is 1. The molecule has 2 aromatic rings. The number of hydrogen-bond acceptors (Lipinski definition) is 2. The molecule has 0 radical (unpaired) electrons. The minimum absolute atomic E-state index is 0.128. The number of aromatic nitrogens is 2. The van der Waals surface area contributed by atoms with Gasteiger partial charge in [-0.15, -0.1) is 0 Å². The van der Waals surface area contributed by atoms with Crippen molar-refractivity contribution in [1.82, 2.24) is 9.38 Å². The fourth-order valence-electron chi connectivity index (χ4n) is 2.13. The molecule has 0 aliphatic rings. The Kier molecular flexibility index (Phi) is 3.01. The molecule has 0 aliphatic carbocycles. The van der Waals surface area contributed by atoms with Crippen LogP contribution in [0.2, 0.25) is 0 Å². The number of nitrogens with zero attached hydrogens (tertiary/aromatic N) is 2. The minimum Gasteiger partial charge on any atom is -0.306 e. The van der Waals surface area contributed by atoms with Gasteiger partial charge < -0.3 is 4.40 Å². The van der Waals surface area contributed by atoms with E-state index < -0.39 is 0 Å². The molecule has 0 aliphatic heterocycles. The summed E-state index contributed by atoms with van der Waals surface area (Å²) in [6.07, 6.45) is 5.62. The summed E-state index contributed by atoms with van der Waals surface area (Å²) in [7, 11) is 0. The predicted molar refractivity (Wildman–Crippen MR) is 68.2 cm³/mol. The first-order valence-electron chi connectivity index (χ1n) is 6.03. The number of ketones is 1. The first-order chi connectivity index (χ1) is 8.04. The number of Topliss-reactive ketones (excluding diaryl/α,β-unsaturated/α-hetero) is 1. The van der Waals surface area contributed by atoms with Crippen LogP contribution in [0.5, 0.6) is 0 Å². The summed E-state index contributed by atoms with van der Waals surface area (Å²) < 4.78 is 1.88. The third-order valence-electron chi connectivity index (χ3n) is 3.09. The maximum Gasteiger partial charge on any atom is 0.188 e. The molecular weight excluding hydrogens is 212 g/mol. The fourth-order valence-corrected chi connectivity index (χ4v) is 2.13. The molecule has 0 unspecified atom stereocenters. The van der Waals surface area contributed by atoms with E-state index in [2.05, 4.69) is 11.9 Å². The Morgan fingerprint density at radius 2 is 2.18 bits per heavy atom. The van der Waals surface area contributed by atoms with Crippen LogP contribution in [0.3, 0.4) is 0 Å². The van der Waals surface area contributed by atoms with Crippen LogP contribution in [0.25, 0.3) is 5.65 Å². The highest BCUT2D eigenvalue weighted by Gasteiger charge is 2.29. The Bertz CT molecular complexity index is 507. The Balaban J connectivity index is 2.37. The van der Waals surface area contributed by atoms with Crippen molar-refractivity contribution in [3.05, 3.63) is 36.3 Å². The van der Waals surface area contributed by atoms with Crippen molar-refractivity contribution in [2.75, 3.05) is 0 Å². The van der Waals surface area contributed by atoms with Crippen molar-refractivity contribution in [2.24, 2.45) is 5.41 Å². The summed E-state index contributed by atoms with van der Waals surface area (Å²) in [5, 5.41) is 0. The van der Waals surface area contributed by atoms with Gasteiger partial charge in [-0.05, 0) is 18.6 Å². The van der Waals surface area contributed by atoms with Gasteiger partial charge in [-0.1, -0.05) is 33.3 Å². The van der Waals surface area contributed by atoms with E-state index in [-0.39, 0.29) is 11.2 Å². The van der Waals surface area contributed by atoms with E-state index in [1.165, 1.54) is 0 Å². The highest BCUT2D eigenvalue weighted by Crippen LogP contribution is 2.27. The zero-order chi connectivity index (χ0) is 12.5. The maximum absolute atomic E-state index is 12.4. The van der Waals surface area contributed by atoms with Crippen molar-refractivity contribution in [3.63, 3.8) is 0 Å². The molecule has 90 valence electrons. The molecule has 0 saturated carbocycles. The first kappa shape index (κ1) is 11.8. The van der Waals surface area contributed by atoms with Crippen LogP contribution in [0.15, 0.2) is 30.6 Å². The zero-order valence-electron chi connectivity index (χ0n) is 10.6. The SMILES string of the molecule is CCCC(C)(C)C(=O)c1cn2ccccc2n1. The van der Waals surface area contributed by atoms with Gasteiger partial charge >= 0.3 is 0 Å². The Hall–Kier alpha value is -1.64. The molecule has 0 bridgehead atoms. The molecule has 0 amide bonds. The molecule has 2 heterocycles. The average Bonchev–Trinajstić information content (AvgIpc) is 2.71. The van der Waals surface area contributed by atoms with Gasteiger partial charge in [0.15, 0.2) is 5.78 Å². The summed E-state index contributed by atoms with van der Waals surface area (Å²) in [5.41, 5.74) is 1.06. The molecule has 0 aromatic carbocycles. The molecule has 3 heteroatoms. The second kappa shape index (κ2) is 4.32. The number of carbonyl (C=O) groups excluding carboxylic acids is 1. The van der Waals surface area contributed by atoms with Crippen LogP contribution < -0.4 is 0 Å². The van der Waals surface area contributed by atoms with E-state index >= 15 is 0 Å². The minimum atomic E-state index is -0.327. The monoisotopic (exact) mass is 230 g/mol. The molecule has 0 N–H and O–H groups in total. The number of imidazole rings is 1. The van der Waals surface area contributed by atoms with Gasteiger partial charge in [0, 0.05) is 17.8 Å². The first-order valence-corrected chi connectivity index (χ1v) is 6.03. The molecular formula is C14H18N2O. The standard InChI is InChI=1S/C14H18N2O/c1-4-8-14(2,3)13(17)11-10-16-9-6-5-7-12(16)15-11/h5-7,9-10H,4,8H2,1-3H3. The average molecular weight is 230 g/mol. The summed E-state index contributed by atoms with van der Waals surface area (Å²) in [4.78, 5) is 16.7. The van der Waals surface area contributed by atoms with E-state index in [4.69, 9.17) is 0 Å². The van der Waals surface area contributed by atoms with Crippen LogP contribution >= 0.6 is 0 Å². The predicted octanol–water partition coefficient (Wildman–Crippen LogP) is 3.34. The third-order valence-corrected chi connectivity index (χ3v) is 3.09. The van der Waals surface area contributed by atoms with Gasteiger partial charge in [-0.3, -0.25) is 4.79 Å². The highest BCUT2D eigenvalue weighted by molar-refractivity contribution is 5.98. The van der Waals surface area contributed by atoms with Gasteiger partial charge in [0.2, 0.25) is 0 Å². The number of rotatable bonds is 4. The number of pyridine rings is 1. The normalized spacial score (nSPS) is 11.9. The van der Waals surface area contributed by atoms with Crippen LogP contribution in [-0.4, -0.2) is 15.2 Å². The van der Waals surface area contributed by atoms with Gasteiger partial charge in [0.25, 0.3) is 0 Å². The summed E-state index contributed by atoms with van der Waals surface area (Å²) >= 11 is 0. The van der Waals surface area contributed by atoms with Crippen LogP contribution in [0.4, 0.5) is 0 Å². The summed E-state index contributed by atoms with van der Waals surface area (Å²) in [5.74, 6) is 0.128. The van der Waals surface area contributed by atoms with Crippen molar-refractivity contribution < 1.29 is 4.79 Å². The number of hydrogen-bond donors (Lipinski definition) is 0. The topological polar surface area (TPSA) is 34.4 Å². The van der Waals surface area contributed by atoms with E-state index in [9.17, 15) is 4.79 Å². The van der Waals surface area contributed by atoms with Crippen molar-refractivity contribution in [2.45, 2.75) is 33.6 Å². The van der Waals surface area contributed by atoms with E-state index in [0.717, 1.165) is 18.5 Å². The van der Waals surface area contributed by atoms with Gasteiger partial charge in [-0.2, -0.15) is 0 Å². The smallest absolute Gasteiger partial charge is 0.188 e. The lowest BCUT2D eigenvalue weighted by molar-refractivity contribution is 0.0820.